The van der Waals surface area contributed by atoms with Gasteiger partial charge in [0.1, 0.15) is 22.8 Å². The van der Waals surface area contributed by atoms with Crippen LogP contribution in [0, 0.1) is 18.3 Å². The number of amides is 1. The molecule has 1 spiro atoms. The number of nitriles is 1. The molecule has 142 valence electrons. The van der Waals surface area contributed by atoms with Crippen LogP contribution in [0.2, 0.25) is 0 Å². The summed E-state index contributed by atoms with van der Waals surface area (Å²) in [6, 6.07) is 14.3. The third-order valence-electron chi connectivity index (χ3n) is 5.63. The number of hydrogen-bond donors (Lipinski definition) is 1. The second-order valence-corrected chi connectivity index (χ2v) is 7.18. The molecule has 2 aliphatic heterocycles. The second-order valence-electron chi connectivity index (χ2n) is 7.18. The maximum absolute atomic E-state index is 13.6. The van der Waals surface area contributed by atoms with E-state index in [1.165, 1.54) is 4.90 Å². The summed E-state index contributed by atoms with van der Waals surface area (Å²) in [5.74, 6) is -0.510. The van der Waals surface area contributed by atoms with E-state index in [4.69, 9.17) is 14.9 Å². The number of hydrogen-bond acceptors (Lipinski definition) is 6. The van der Waals surface area contributed by atoms with Crippen molar-refractivity contribution in [2.45, 2.75) is 12.3 Å². The number of benzene rings is 2. The van der Waals surface area contributed by atoms with Crippen molar-refractivity contribution in [1.82, 2.24) is 0 Å². The highest BCUT2D eigenvalue weighted by Gasteiger charge is 2.60. The molecule has 1 unspecified atom stereocenters. The van der Waals surface area contributed by atoms with E-state index >= 15 is 0 Å². The van der Waals surface area contributed by atoms with Crippen LogP contribution < -0.4 is 21.0 Å². The lowest BCUT2D eigenvalue weighted by molar-refractivity contribution is -0.120. The predicted molar refractivity (Wildman–Crippen MR) is 105 cm³/mol. The van der Waals surface area contributed by atoms with Gasteiger partial charge in [0.15, 0.2) is 11.2 Å². The van der Waals surface area contributed by atoms with Crippen LogP contribution in [-0.4, -0.2) is 13.0 Å². The first-order valence-electron chi connectivity index (χ1n) is 8.95. The van der Waals surface area contributed by atoms with Gasteiger partial charge < -0.3 is 19.8 Å². The molecular formula is C22H15N3O4. The van der Waals surface area contributed by atoms with Crippen molar-refractivity contribution < 1.29 is 13.9 Å². The van der Waals surface area contributed by atoms with Gasteiger partial charge in [0.25, 0.3) is 0 Å². The Morgan fingerprint density at radius 2 is 1.93 bits per heavy atom. The Bertz CT molecular complexity index is 1380. The van der Waals surface area contributed by atoms with Crippen molar-refractivity contribution in [1.29, 1.82) is 5.26 Å². The largest absolute Gasteiger partial charge is 0.439 e. The second kappa shape index (κ2) is 5.49. The zero-order valence-corrected chi connectivity index (χ0v) is 15.6. The maximum atomic E-state index is 13.6. The Balaban J connectivity index is 2.03. The Hall–Kier alpha value is -4.05. The number of nitrogens with two attached hydrogens (primary N) is 1. The number of fused-ring (bicyclic) bond motifs is 6. The number of nitrogens with zero attached hydrogens (tertiary/aromatic N) is 2. The van der Waals surface area contributed by atoms with Gasteiger partial charge in [-0.3, -0.25) is 4.79 Å². The van der Waals surface area contributed by atoms with Crippen molar-refractivity contribution in [3.05, 3.63) is 81.0 Å². The molecule has 1 atom stereocenters. The first kappa shape index (κ1) is 17.1. The van der Waals surface area contributed by atoms with Crippen LogP contribution in [0.15, 0.2) is 63.1 Å². The van der Waals surface area contributed by atoms with Gasteiger partial charge in [-0.05, 0) is 25.1 Å². The van der Waals surface area contributed by atoms with Crippen molar-refractivity contribution in [3.63, 3.8) is 0 Å². The number of carbonyl (C=O) groups excluding carboxylic acids is 1. The molecule has 1 amide bonds. The average molecular weight is 385 g/mol. The van der Waals surface area contributed by atoms with Gasteiger partial charge in [0.05, 0.1) is 5.39 Å². The molecule has 29 heavy (non-hydrogen) atoms. The van der Waals surface area contributed by atoms with Crippen LogP contribution in [-0.2, 0) is 10.2 Å². The standard InChI is InChI=1S/C22H15N3O4/c1-11-7-8-16-12(9-11)18-17(20(26)28-16)22(14(10-23)19(24)29-18)13-5-3-4-6-15(13)25(2)21(22)27/h3-9H,24H2,1-2H3. The van der Waals surface area contributed by atoms with E-state index < -0.39 is 16.9 Å². The minimum absolute atomic E-state index is 0.0249. The topological polar surface area (TPSA) is 110 Å². The Morgan fingerprint density at radius 3 is 2.69 bits per heavy atom. The highest BCUT2D eigenvalue weighted by atomic mass is 16.5. The van der Waals surface area contributed by atoms with E-state index in [2.05, 4.69) is 0 Å². The van der Waals surface area contributed by atoms with Gasteiger partial charge >= 0.3 is 5.63 Å². The molecule has 7 nitrogen and oxygen atoms in total. The summed E-state index contributed by atoms with van der Waals surface area (Å²) in [7, 11) is 1.60. The molecule has 3 aromatic rings. The Morgan fingerprint density at radius 1 is 1.17 bits per heavy atom. The fourth-order valence-corrected chi connectivity index (χ4v) is 4.37. The van der Waals surface area contributed by atoms with Gasteiger partial charge in [-0.15, -0.1) is 0 Å². The number of carbonyl (C=O) groups is 1. The molecule has 2 aromatic carbocycles. The third-order valence-corrected chi connectivity index (χ3v) is 5.63. The highest BCUT2D eigenvalue weighted by molar-refractivity contribution is 6.14. The molecule has 0 bridgehead atoms. The van der Waals surface area contributed by atoms with Crippen molar-refractivity contribution in [2.24, 2.45) is 5.73 Å². The van der Waals surface area contributed by atoms with Crippen molar-refractivity contribution in [3.8, 4) is 11.8 Å². The van der Waals surface area contributed by atoms with Crippen LogP contribution in [0.3, 0.4) is 0 Å². The number of likely N-dealkylation sites (N-methyl/N-ethyl adjacent to an activating group) is 1. The third kappa shape index (κ3) is 1.90. The number of aryl methyl sites for hydroxylation is 1. The summed E-state index contributed by atoms with van der Waals surface area (Å²) in [6.45, 7) is 1.89. The van der Waals surface area contributed by atoms with E-state index in [-0.39, 0.29) is 22.8 Å². The van der Waals surface area contributed by atoms with Gasteiger partial charge in [-0.25, -0.2) is 4.79 Å². The molecule has 3 heterocycles. The molecule has 0 radical (unpaired) electrons. The smallest absolute Gasteiger partial charge is 0.345 e. The molecule has 0 aliphatic carbocycles. The fourth-order valence-electron chi connectivity index (χ4n) is 4.37. The number of anilines is 1. The molecule has 7 heteroatoms. The number of ether oxygens (including phenoxy) is 1. The first-order chi connectivity index (χ1) is 13.9. The predicted octanol–water partition coefficient (Wildman–Crippen LogP) is 2.45. The zero-order chi connectivity index (χ0) is 20.5. The van der Waals surface area contributed by atoms with E-state index in [1.807, 2.05) is 13.0 Å². The lowest BCUT2D eigenvalue weighted by atomic mass is 9.69. The monoisotopic (exact) mass is 385 g/mol. The lowest BCUT2D eigenvalue weighted by Gasteiger charge is -2.33. The molecule has 5 rings (SSSR count). The summed E-state index contributed by atoms with van der Waals surface area (Å²) in [6.07, 6.45) is 0. The Labute approximate surface area is 165 Å². The van der Waals surface area contributed by atoms with Crippen molar-refractivity contribution in [2.75, 3.05) is 11.9 Å². The van der Waals surface area contributed by atoms with Crippen LogP contribution in [0.1, 0.15) is 16.7 Å². The summed E-state index contributed by atoms with van der Waals surface area (Å²) in [5, 5.41) is 10.4. The van der Waals surface area contributed by atoms with Crippen LogP contribution in [0.25, 0.3) is 11.0 Å². The van der Waals surface area contributed by atoms with Crippen LogP contribution >= 0.6 is 0 Å². The first-order valence-corrected chi connectivity index (χ1v) is 8.95. The Kier molecular flexibility index (Phi) is 3.23. The summed E-state index contributed by atoms with van der Waals surface area (Å²) >= 11 is 0. The minimum Gasteiger partial charge on any atom is -0.439 e. The van der Waals surface area contributed by atoms with Gasteiger partial charge in [-0.1, -0.05) is 29.8 Å². The summed E-state index contributed by atoms with van der Waals surface area (Å²) < 4.78 is 11.3. The lowest BCUT2D eigenvalue weighted by Crippen LogP contribution is -2.47. The van der Waals surface area contributed by atoms with E-state index in [9.17, 15) is 14.9 Å². The number of para-hydroxylation sites is 1. The highest BCUT2D eigenvalue weighted by Crippen LogP contribution is 2.54. The molecule has 2 aliphatic rings. The maximum Gasteiger partial charge on any atom is 0.345 e. The summed E-state index contributed by atoms with van der Waals surface area (Å²) in [4.78, 5) is 28.2. The van der Waals surface area contributed by atoms with Crippen LogP contribution in [0.5, 0.6) is 5.75 Å². The van der Waals surface area contributed by atoms with E-state index in [1.54, 1.807) is 49.5 Å². The normalized spacial score (nSPS) is 19.9. The quantitative estimate of drug-likeness (QED) is 0.595. The SMILES string of the molecule is Cc1ccc2oc(=O)c3c(c2c1)OC(N)=C(C#N)C31C(=O)N(C)c2ccccc21. The van der Waals surface area contributed by atoms with E-state index in [0.29, 0.717) is 22.2 Å². The van der Waals surface area contributed by atoms with Crippen molar-refractivity contribution >= 4 is 22.6 Å². The average Bonchev–Trinajstić information content (AvgIpc) is 2.92. The minimum atomic E-state index is -1.71. The molecule has 1 aromatic heterocycles. The number of rotatable bonds is 0. The van der Waals surface area contributed by atoms with Gasteiger partial charge in [0, 0.05) is 18.3 Å². The van der Waals surface area contributed by atoms with Crippen LogP contribution in [0.4, 0.5) is 5.69 Å². The molecule has 0 saturated carbocycles. The summed E-state index contributed by atoms with van der Waals surface area (Å²) in [5.41, 5.74) is 5.85. The van der Waals surface area contributed by atoms with Gasteiger partial charge in [0.2, 0.25) is 11.8 Å². The van der Waals surface area contributed by atoms with E-state index in [0.717, 1.165) is 5.56 Å². The fraction of sp³-hybridized carbons (Fsp3) is 0.136. The molecular weight excluding hydrogens is 370 g/mol. The van der Waals surface area contributed by atoms with Gasteiger partial charge in [-0.2, -0.15) is 5.26 Å². The zero-order valence-electron chi connectivity index (χ0n) is 15.6. The molecule has 2 N–H and O–H groups in total. The molecule has 0 saturated heterocycles. The molecule has 0 fully saturated rings.